The summed E-state index contributed by atoms with van der Waals surface area (Å²) in [7, 11) is 0. The van der Waals surface area contributed by atoms with Crippen LogP contribution in [0.2, 0.25) is 0 Å². The Morgan fingerprint density at radius 3 is 2.52 bits per heavy atom. The molecule has 1 fully saturated rings. The fourth-order valence-electron chi connectivity index (χ4n) is 2.69. The average Bonchev–Trinajstić information content (AvgIpc) is 2.40. The van der Waals surface area contributed by atoms with Crippen LogP contribution in [0.3, 0.4) is 0 Å². The van der Waals surface area contributed by atoms with E-state index in [-0.39, 0.29) is 12.1 Å². The molecule has 1 aliphatic carbocycles. The predicted molar refractivity (Wildman–Crippen MR) is 68.8 cm³/mol. The lowest BCUT2D eigenvalue weighted by Crippen LogP contribution is -2.41. The fraction of sp³-hybridized carbons (Fsp3) is 0.500. The van der Waals surface area contributed by atoms with Gasteiger partial charge in [0.1, 0.15) is 5.82 Å². The van der Waals surface area contributed by atoms with Crippen molar-refractivity contribution in [3.05, 3.63) is 29.6 Å². The van der Waals surface area contributed by atoms with Crippen LogP contribution in [0, 0.1) is 11.7 Å². The molecule has 21 heavy (non-hydrogen) atoms. The third-order valence-corrected chi connectivity index (χ3v) is 3.74. The lowest BCUT2D eigenvalue weighted by Gasteiger charge is -2.34. The molecule has 116 valence electrons. The highest BCUT2D eigenvalue weighted by Gasteiger charge is 2.45. The van der Waals surface area contributed by atoms with Gasteiger partial charge in [-0.25, -0.2) is 9.18 Å². The van der Waals surface area contributed by atoms with Crippen LogP contribution in [0.15, 0.2) is 18.2 Å². The summed E-state index contributed by atoms with van der Waals surface area (Å²) in [6, 6.07) is 2.41. The van der Waals surface area contributed by atoms with Crippen molar-refractivity contribution in [3.8, 4) is 0 Å². The van der Waals surface area contributed by atoms with E-state index in [0.29, 0.717) is 19.3 Å². The van der Waals surface area contributed by atoms with Crippen LogP contribution in [-0.4, -0.2) is 23.3 Å². The molecule has 0 spiro atoms. The maximum absolute atomic E-state index is 13.3. The van der Waals surface area contributed by atoms with E-state index in [1.807, 2.05) is 0 Å². The van der Waals surface area contributed by atoms with Gasteiger partial charge < -0.3 is 10.4 Å². The molecule has 2 rings (SSSR count). The summed E-state index contributed by atoms with van der Waals surface area (Å²) in [5, 5.41) is 11.5. The van der Waals surface area contributed by atoms with Crippen LogP contribution in [0.5, 0.6) is 0 Å². The molecule has 2 N–H and O–H groups in total. The lowest BCUT2D eigenvalue weighted by molar-refractivity contribution is -0.184. The van der Waals surface area contributed by atoms with Crippen molar-refractivity contribution in [2.75, 3.05) is 5.32 Å². The SMILES string of the molecule is O=C(O)c1cc(NC2CCCCC2C(F)(F)F)ccc1F. The fourth-order valence-corrected chi connectivity index (χ4v) is 2.69. The highest BCUT2D eigenvalue weighted by Crippen LogP contribution is 2.39. The Hall–Kier alpha value is -1.79. The molecule has 2 unspecified atom stereocenters. The molecule has 0 aromatic heterocycles. The summed E-state index contributed by atoms with van der Waals surface area (Å²) in [6.07, 6.45) is -2.70. The number of carboxylic acid groups (broad SMARTS) is 1. The second kappa shape index (κ2) is 5.91. The molecule has 0 aliphatic heterocycles. The maximum atomic E-state index is 13.3. The Labute approximate surface area is 119 Å². The van der Waals surface area contributed by atoms with Crippen molar-refractivity contribution in [1.29, 1.82) is 0 Å². The Bertz CT molecular complexity index is 530. The van der Waals surface area contributed by atoms with Crippen molar-refractivity contribution >= 4 is 11.7 Å². The number of hydrogen-bond acceptors (Lipinski definition) is 2. The van der Waals surface area contributed by atoms with Crippen LogP contribution < -0.4 is 5.32 Å². The summed E-state index contributed by atoms with van der Waals surface area (Å²) >= 11 is 0. The maximum Gasteiger partial charge on any atom is 0.393 e. The quantitative estimate of drug-likeness (QED) is 0.828. The van der Waals surface area contributed by atoms with Gasteiger partial charge in [-0.3, -0.25) is 0 Å². The number of anilines is 1. The molecular weight excluding hydrogens is 290 g/mol. The number of rotatable bonds is 3. The van der Waals surface area contributed by atoms with Crippen molar-refractivity contribution in [1.82, 2.24) is 0 Å². The monoisotopic (exact) mass is 305 g/mol. The largest absolute Gasteiger partial charge is 0.478 e. The van der Waals surface area contributed by atoms with Crippen LogP contribution in [0.25, 0.3) is 0 Å². The molecule has 1 aliphatic rings. The molecule has 0 saturated heterocycles. The number of carbonyl (C=O) groups is 1. The summed E-state index contributed by atoms with van der Waals surface area (Å²) in [6.45, 7) is 0. The number of nitrogens with one attached hydrogen (secondary N) is 1. The van der Waals surface area contributed by atoms with Gasteiger partial charge in [0.2, 0.25) is 0 Å². The summed E-state index contributed by atoms with van der Waals surface area (Å²) in [4.78, 5) is 10.8. The summed E-state index contributed by atoms with van der Waals surface area (Å²) < 4.78 is 52.2. The Kier molecular flexibility index (Phi) is 4.39. The van der Waals surface area contributed by atoms with Gasteiger partial charge in [-0.05, 0) is 31.0 Å². The molecule has 3 nitrogen and oxygen atoms in total. The van der Waals surface area contributed by atoms with E-state index in [1.54, 1.807) is 0 Å². The smallest absolute Gasteiger partial charge is 0.393 e. The van der Waals surface area contributed by atoms with Crippen LogP contribution >= 0.6 is 0 Å². The van der Waals surface area contributed by atoms with Gasteiger partial charge in [-0.2, -0.15) is 13.2 Å². The highest BCUT2D eigenvalue weighted by molar-refractivity contribution is 5.89. The van der Waals surface area contributed by atoms with Crippen LogP contribution in [0.1, 0.15) is 36.0 Å². The zero-order valence-electron chi connectivity index (χ0n) is 11.1. The summed E-state index contributed by atoms with van der Waals surface area (Å²) in [5.41, 5.74) is -0.366. The van der Waals surface area contributed by atoms with Gasteiger partial charge in [0.15, 0.2) is 0 Å². The first-order valence-corrected chi connectivity index (χ1v) is 6.65. The first-order chi connectivity index (χ1) is 9.79. The van der Waals surface area contributed by atoms with Gasteiger partial charge in [0, 0.05) is 11.7 Å². The number of alkyl halides is 3. The molecule has 1 aromatic carbocycles. The minimum atomic E-state index is -4.30. The normalized spacial score (nSPS) is 22.9. The van der Waals surface area contributed by atoms with Crippen molar-refractivity contribution < 1.29 is 27.5 Å². The molecule has 2 atom stereocenters. The molecule has 1 saturated carbocycles. The zero-order chi connectivity index (χ0) is 15.6. The van der Waals surface area contributed by atoms with Gasteiger partial charge in [0.25, 0.3) is 0 Å². The van der Waals surface area contributed by atoms with Gasteiger partial charge in [-0.15, -0.1) is 0 Å². The standard InChI is InChI=1S/C14H15F4NO2/c15-11-6-5-8(7-9(11)13(20)21)19-12-4-2-1-3-10(12)14(16,17)18/h5-7,10,12,19H,1-4H2,(H,20,21). The van der Waals surface area contributed by atoms with E-state index in [1.165, 1.54) is 6.07 Å². The second-order valence-electron chi connectivity index (χ2n) is 5.18. The average molecular weight is 305 g/mol. The van der Waals surface area contributed by atoms with Crippen LogP contribution in [-0.2, 0) is 0 Å². The first kappa shape index (κ1) is 15.6. The molecule has 0 heterocycles. The minimum Gasteiger partial charge on any atom is -0.478 e. The van der Waals surface area contributed by atoms with E-state index < -0.39 is 35.5 Å². The second-order valence-corrected chi connectivity index (χ2v) is 5.18. The Balaban J connectivity index is 2.20. The Morgan fingerprint density at radius 2 is 1.90 bits per heavy atom. The van der Waals surface area contributed by atoms with Gasteiger partial charge in [0.05, 0.1) is 11.5 Å². The van der Waals surface area contributed by atoms with E-state index in [2.05, 4.69) is 5.32 Å². The topological polar surface area (TPSA) is 49.3 Å². The van der Waals surface area contributed by atoms with Crippen LogP contribution in [0.4, 0.5) is 23.2 Å². The summed E-state index contributed by atoms with van der Waals surface area (Å²) in [5.74, 6) is -3.83. The molecule has 0 radical (unpaired) electrons. The van der Waals surface area contributed by atoms with Crippen molar-refractivity contribution in [2.45, 2.75) is 37.9 Å². The van der Waals surface area contributed by atoms with Gasteiger partial charge in [-0.1, -0.05) is 12.8 Å². The molecule has 0 bridgehead atoms. The number of benzene rings is 1. The van der Waals surface area contributed by atoms with E-state index in [9.17, 15) is 22.4 Å². The van der Waals surface area contributed by atoms with Crippen molar-refractivity contribution in [2.24, 2.45) is 5.92 Å². The minimum absolute atomic E-state index is 0.0498. The number of aromatic carboxylic acids is 1. The third-order valence-electron chi connectivity index (χ3n) is 3.74. The Morgan fingerprint density at radius 1 is 1.24 bits per heavy atom. The number of halogens is 4. The predicted octanol–water partition coefficient (Wildman–Crippen LogP) is 4.06. The highest BCUT2D eigenvalue weighted by atomic mass is 19.4. The van der Waals surface area contributed by atoms with Gasteiger partial charge >= 0.3 is 12.1 Å². The number of carboxylic acids is 1. The van der Waals surface area contributed by atoms with E-state index in [0.717, 1.165) is 12.1 Å². The zero-order valence-corrected chi connectivity index (χ0v) is 11.1. The molecule has 1 aromatic rings. The first-order valence-electron chi connectivity index (χ1n) is 6.65. The lowest BCUT2D eigenvalue weighted by atomic mass is 9.84. The molecule has 0 amide bonds. The van der Waals surface area contributed by atoms with E-state index >= 15 is 0 Å². The molecule has 7 heteroatoms. The number of hydrogen-bond donors (Lipinski definition) is 2. The molecular formula is C14H15F4NO2. The van der Waals surface area contributed by atoms with Crippen molar-refractivity contribution in [3.63, 3.8) is 0 Å². The third kappa shape index (κ3) is 3.65. The van der Waals surface area contributed by atoms with E-state index in [4.69, 9.17) is 5.11 Å².